The second kappa shape index (κ2) is 4.59. The number of imidazole rings is 1. The van der Waals surface area contributed by atoms with E-state index >= 15 is 0 Å². The topological polar surface area (TPSA) is 64.0 Å². The lowest BCUT2D eigenvalue weighted by atomic mass is 9.85. The highest BCUT2D eigenvalue weighted by Gasteiger charge is 2.29. The Morgan fingerprint density at radius 1 is 1.59 bits per heavy atom. The van der Waals surface area contributed by atoms with Gasteiger partial charge in [-0.2, -0.15) is 0 Å². The van der Waals surface area contributed by atoms with Crippen LogP contribution in [-0.2, 0) is 17.1 Å². The van der Waals surface area contributed by atoms with E-state index in [9.17, 15) is 8.42 Å². The number of nitrogens with one attached hydrogen (secondary N) is 1. The number of hydrogen-bond donors (Lipinski definition) is 1. The third kappa shape index (κ3) is 2.81. The normalized spacial score (nSPS) is 24.6. The van der Waals surface area contributed by atoms with Gasteiger partial charge in [-0.05, 0) is 25.7 Å². The summed E-state index contributed by atoms with van der Waals surface area (Å²) in [5, 5.41) is 0.292. The number of rotatable bonds is 4. The Labute approximate surface area is 106 Å². The molecule has 0 aromatic carbocycles. The lowest BCUT2D eigenvalue weighted by molar-refractivity contribution is 0.323. The molecule has 1 aromatic rings. The van der Waals surface area contributed by atoms with Crippen LogP contribution in [0.25, 0.3) is 0 Å². The number of sulfonamides is 1. The van der Waals surface area contributed by atoms with Crippen LogP contribution in [0.1, 0.15) is 18.7 Å². The van der Waals surface area contributed by atoms with Gasteiger partial charge < -0.3 is 4.57 Å². The van der Waals surface area contributed by atoms with E-state index in [1.807, 2.05) is 0 Å². The van der Waals surface area contributed by atoms with Crippen LogP contribution in [0.5, 0.6) is 0 Å². The molecule has 7 heteroatoms. The smallest absolute Gasteiger partial charge is 0.259 e. The Kier molecular flexibility index (Phi) is 3.47. The quantitative estimate of drug-likeness (QED) is 0.836. The van der Waals surface area contributed by atoms with Crippen molar-refractivity contribution in [2.24, 2.45) is 13.0 Å². The van der Waals surface area contributed by atoms with Crippen LogP contribution in [-0.4, -0.2) is 29.9 Å². The summed E-state index contributed by atoms with van der Waals surface area (Å²) in [6.07, 6.45) is 3.28. The van der Waals surface area contributed by atoms with E-state index in [4.69, 9.17) is 11.6 Å². The molecule has 1 aliphatic rings. The molecule has 96 valence electrons. The first-order chi connectivity index (χ1) is 7.88. The molecule has 1 saturated carbocycles. The lowest BCUT2D eigenvalue weighted by Crippen LogP contribution is -2.36. The molecular weight excluding hydrogens is 262 g/mol. The predicted octanol–water partition coefficient (Wildman–Crippen LogP) is 1.02. The monoisotopic (exact) mass is 277 g/mol. The molecule has 0 bridgehead atoms. The molecule has 1 aliphatic carbocycles. The molecule has 0 saturated heterocycles. The van der Waals surface area contributed by atoms with Crippen molar-refractivity contribution >= 4 is 21.6 Å². The molecule has 0 atom stereocenters. The van der Waals surface area contributed by atoms with Gasteiger partial charge in [0, 0.05) is 25.2 Å². The van der Waals surface area contributed by atoms with E-state index in [1.54, 1.807) is 18.5 Å². The van der Waals surface area contributed by atoms with Crippen LogP contribution < -0.4 is 4.72 Å². The fourth-order valence-corrected chi connectivity index (χ4v) is 3.43. The molecule has 0 radical (unpaired) electrons. The molecule has 0 amide bonds. The Morgan fingerprint density at radius 3 is 2.71 bits per heavy atom. The van der Waals surface area contributed by atoms with Crippen LogP contribution >= 0.6 is 11.6 Å². The zero-order chi connectivity index (χ0) is 12.6. The summed E-state index contributed by atoms with van der Waals surface area (Å²) < 4.78 is 28.1. The molecule has 17 heavy (non-hydrogen) atoms. The maximum absolute atomic E-state index is 11.9. The molecule has 1 heterocycles. The van der Waals surface area contributed by atoms with E-state index in [-0.39, 0.29) is 10.4 Å². The molecule has 1 N–H and O–H groups in total. The van der Waals surface area contributed by atoms with E-state index in [0.29, 0.717) is 18.3 Å². The summed E-state index contributed by atoms with van der Waals surface area (Å²) in [7, 11) is -1.71. The van der Waals surface area contributed by atoms with Gasteiger partial charge in [-0.1, -0.05) is 0 Å². The van der Waals surface area contributed by atoms with Crippen molar-refractivity contribution in [1.82, 2.24) is 14.3 Å². The summed E-state index contributed by atoms with van der Waals surface area (Å²) >= 11 is 5.84. The molecule has 1 aromatic heterocycles. The van der Waals surface area contributed by atoms with Gasteiger partial charge in [-0.25, -0.2) is 18.1 Å². The number of halogens is 1. The Bertz CT molecular complexity index is 486. The second-order valence-electron chi connectivity index (χ2n) is 4.52. The van der Waals surface area contributed by atoms with Crippen LogP contribution in [0, 0.1) is 12.8 Å². The van der Waals surface area contributed by atoms with Gasteiger partial charge in [-0.3, -0.25) is 0 Å². The summed E-state index contributed by atoms with van der Waals surface area (Å²) in [5.74, 6) is 1.03. The van der Waals surface area contributed by atoms with E-state index < -0.39 is 10.0 Å². The third-order valence-corrected chi connectivity index (χ3v) is 4.75. The summed E-state index contributed by atoms with van der Waals surface area (Å²) in [4.78, 5) is 4.01. The molecular formula is C10H16ClN3O2S. The van der Waals surface area contributed by atoms with E-state index in [1.165, 1.54) is 6.20 Å². The SMILES string of the molecule is Cc1nc(S(=O)(=O)NCC2CC(Cl)C2)cn1C. The second-order valence-corrected chi connectivity index (χ2v) is 6.85. The van der Waals surface area contributed by atoms with Gasteiger partial charge in [-0.15, -0.1) is 11.6 Å². The van der Waals surface area contributed by atoms with Crippen molar-refractivity contribution in [3.63, 3.8) is 0 Å². The molecule has 0 unspecified atom stereocenters. The Hall–Kier alpha value is -0.590. The lowest BCUT2D eigenvalue weighted by Gasteiger charge is -2.30. The first kappa shape index (κ1) is 12.9. The summed E-state index contributed by atoms with van der Waals surface area (Å²) in [6.45, 7) is 2.21. The van der Waals surface area contributed by atoms with Crippen LogP contribution in [0.4, 0.5) is 0 Å². The van der Waals surface area contributed by atoms with E-state index in [2.05, 4.69) is 9.71 Å². The fourth-order valence-electron chi connectivity index (χ4n) is 1.78. The highest BCUT2D eigenvalue weighted by Crippen LogP contribution is 2.31. The largest absolute Gasteiger partial charge is 0.337 e. The van der Waals surface area contributed by atoms with Crippen molar-refractivity contribution in [1.29, 1.82) is 0 Å². The van der Waals surface area contributed by atoms with Crippen molar-refractivity contribution < 1.29 is 8.42 Å². The standard InChI is InChI=1S/C10H16ClN3O2S/c1-7-13-10(6-14(7)2)17(15,16)12-5-8-3-9(11)4-8/h6,8-9,12H,3-5H2,1-2H3. The minimum absolute atomic E-state index is 0.0826. The zero-order valence-corrected chi connectivity index (χ0v) is 11.4. The van der Waals surface area contributed by atoms with Gasteiger partial charge in [0.05, 0.1) is 0 Å². The van der Waals surface area contributed by atoms with Gasteiger partial charge in [0.25, 0.3) is 10.0 Å². The maximum atomic E-state index is 11.9. The van der Waals surface area contributed by atoms with Gasteiger partial charge >= 0.3 is 0 Å². The Balaban J connectivity index is 1.99. The molecule has 5 nitrogen and oxygen atoms in total. The zero-order valence-electron chi connectivity index (χ0n) is 9.85. The highest BCUT2D eigenvalue weighted by atomic mass is 35.5. The number of aromatic nitrogens is 2. The highest BCUT2D eigenvalue weighted by molar-refractivity contribution is 7.89. The number of aryl methyl sites for hydroxylation is 2. The first-order valence-electron chi connectivity index (χ1n) is 5.52. The van der Waals surface area contributed by atoms with Crippen LogP contribution in [0.3, 0.4) is 0 Å². The van der Waals surface area contributed by atoms with Crippen molar-refractivity contribution in [2.45, 2.75) is 30.2 Å². The van der Waals surface area contributed by atoms with Crippen LogP contribution in [0.15, 0.2) is 11.2 Å². The third-order valence-electron chi connectivity index (χ3n) is 3.10. The van der Waals surface area contributed by atoms with Crippen molar-refractivity contribution in [2.75, 3.05) is 6.54 Å². The minimum Gasteiger partial charge on any atom is -0.337 e. The predicted molar refractivity (Wildman–Crippen MR) is 65.5 cm³/mol. The first-order valence-corrected chi connectivity index (χ1v) is 7.44. The van der Waals surface area contributed by atoms with E-state index in [0.717, 1.165) is 12.8 Å². The molecule has 0 aliphatic heterocycles. The molecule has 2 rings (SSSR count). The number of nitrogens with zero attached hydrogens (tertiary/aromatic N) is 2. The molecule has 1 fully saturated rings. The average Bonchev–Trinajstić information content (AvgIpc) is 2.53. The maximum Gasteiger partial charge on any atom is 0.259 e. The Morgan fingerprint density at radius 2 is 2.24 bits per heavy atom. The van der Waals surface area contributed by atoms with Crippen molar-refractivity contribution in [3.05, 3.63) is 12.0 Å². The number of alkyl halides is 1. The van der Waals surface area contributed by atoms with Gasteiger partial charge in [0.1, 0.15) is 5.82 Å². The molecule has 0 spiro atoms. The fraction of sp³-hybridized carbons (Fsp3) is 0.700. The minimum atomic E-state index is -3.48. The number of hydrogen-bond acceptors (Lipinski definition) is 3. The van der Waals surface area contributed by atoms with Gasteiger partial charge in [0.15, 0.2) is 5.03 Å². The summed E-state index contributed by atoms with van der Waals surface area (Å²) in [5.41, 5.74) is 0. The van der Waals surface area contributed by atoms with Crippen LogP contribution in [0.2, 0.25) is 0 Å². The summed E-state index contributed by atoms with van der Waals surface area (Å²) in [6, 6.07) is 0. The van der Waals surface area contributed by atoms with Gasteiger partial charge in [0.2, 0.25) is 0 Å². The average molecular weight is 278 g/mol. The van der Waals surface area contributed by atoms with Crippen molar-refractivity contribution in [3.8, 4) is 0 Å².